The van der Waals surface area contributed by atoms with Gasteiger partial charge >= 0.3 is 0 Å². The third-order valence-corrected chi connectivity index (χ3v) is 4.63. The molecule has 2 amide bonds. The normalized spacial score (nSPS) is 14.3. The van der Waals surface area contributed by atoms with Crippen molar-refractivity contribution in [3.8, 4) is 5.75 Å². The summed E-state index contributed by atoms with van der Waals surface area (Å²) in [5.41, 5.74) is 4.33. The Hall–Kier alpha value is -3.08. The highest BCUT2D eigenvalue weighted by Gasteiger charge is 2.38. The minimum Gasteiger partial charge on any atom is -0.491 e. The number of carbonyl (C=O) groups is 2. The Morgan fingerprint density at radius 3 is 2.25 bits per heavy atom. The van der Waals surface area contributed by atoms with Crippen LogP contribution in [0.1, 0.15) is 37.5 Å². The Morgan fingerprint density at radius 1 is 1.00 bits per heavy atom. The van der Waals surface area contributed by atoms with Crippen molar-refractivity contribution < 1.29 is 14.3 Å². The van der Waals surface area contributed by atoms with Crippen LogP contribution in [0.5, 0.6) is 5.75 Å². The van der Waals surface area contributed by atoms with E-state index in [2.05, 4.69) is 5.32 Å². The molecule has 2 aromatic rings. The molecule has 0 aromatic heterocycles. The SMILES string of the molecule is CCN1C(=O)C(Nc2ccc(OC(C)C)cc2)=C(c2ccc(C)cc2C)C1=O. The number of carbonyl (C=O) groups excluding carboxylic acids is 2. The monoisotopic (exact) mass is 378 g/mol. The summed E-state index contributed by atoms with van der Waals surface area (Å²) in [5.74, 6) is 0.194. The Balaban J connectivity index is 2.01. The number of nitrogens with one attached hydrogen (secondary N) is 1. The van der Waals surface area contributed by atoms with Gasteiger partial charge in [-0.15, -0.1) is 0 Å². The average Bonchev–Trinajstić information content (AvgIpc) is 2.86. The standard InChI is InChI=1S/C23H26N2O3/c1-6-25-22(26)20(19-12-7-15(4)13-16(19)5)21(23(25)27)24-17-8-10-18(11-9-17)28-14(2)3/h7-14,24H,6H2,1-5H3. The van der Waals surface area contributed by atoms with Crippen LogP contribution in [0.4, 0.5) is 5.69 Å². The van der Waals surface area contributed by atoms with Gasteiger partial charge in [0, 0.05) is 12.2 Å². The second kappa shape index (κ2) is 7.89. The van der Waals surface area contributed by atoms with Gasteiger partial charge in [0.25, 0.3) is 11.8 Å². The lowest BCUT2D eigenvalue weighted by Gasteiger charge is -2.13. The van der Waals surface area contributed by atoms with Gasteiger partial charge in [-0.2, -0.15) is 0 Å². The fourth-order valence-corrected chi connectivity index (χ4v) is 3.36. The summed E-state index contributed by atoms with van der Waals surface area (Å²) in [7, 11) is 0. The Bertz CT molecular complexity index is 943. The van der Waals surface area contributed by atoms with E-state index in [1.54, 1.807) is 6.92 Å². The number of hydrogen-bond donors (Lipinski definition) is 1. The van der Waals surface area contributed by atoms with Crippen molar-refractivity contribution in [3.63, 3.8) is 0 Å². The van der Waals surface area contributed by atoms with Crippen molar-refractivity contribution in [1.29, 1.82) is 0 Å². The molecule has 0 fully saturated rings. The van der Waals surface area contributed by atoms with Gasteiger partial charge in [0.1, 0.15) is 11.4 Å². The second-order valence-corrected chi connectivity index (χ2v) is 7.24. The first kappa shape index (κ1) is 19.7. The number of aryl methyl sites for hydroxylation is 2. The summed E-state index contributed by atoms with van der Waals surface area (Å²) >= 11 is 0. The van der Waals surface area contributed by atoms with E-state index in [9.17, 15) is 9.59 Å². The number of ether oxygens (including phenoxy) is 1. The summed E-state index contributed by atoms with van der Waals surface area (Å²) in [6.45, 7) is 10.0. The highest BCUT2D eigenvalue weighted by Crippen LogP contribution is 2.32. The Labute approximate surface area is 166 Å². The number of imide groups is 1. The molecular weight excluding hydrogens is 352 g/mol. The largest absolute Gasteiger partial charge is 0.491 e. The van der Waals surface area contributed by atoms with E-state index in [0.29, 0.717) is 17.8 Å². The van der Waals surface area contributed by atoms with Gasteiger partial charge < -0.3 is 10.1 Å². The van der Waals surface area contributed by atoms with Crippen LogP contribution >= 0.6 is 0 Å². The highest BCUT2D eigenvalue weighted by molar-refractivity contribution is 6.36. The minimum absolute atomic E-state index is 0.0878. The molecule has 0 atom stereocenters. The molecule has 1 aliphatic rings. The van der Waals surface area contributed by atoms with E-state index >= 15 is 0 Å². The first-order valence-electron chi connectivity index (χ1n) is 9.53. The average molecular weight is 378 g/mol. The Morgan fingerprint density at radius 2 is 1.68 bits per heavy atom. The van der Waals surface area contributed by atoms with Crippen molar-refractivity contribution in [2.24, 2.45) is 0 Å². The molecule has 146 valence electrons. The van der Waals surface area contributed by atoms with Gasteiger partial charge in [-0.3, -0.25) is 14.5 Å². The number of rotatable bonds is 6. The number of amides is 2. The van der Waals surface area contributed by atoms with E-state index in [0.717, 1.165) is 28.1 Å². The second-order valence-electron chi connectivity index (χ2n) is 7.24. The third kappa shape index (κ3) is 3.79. The predicted octanol–water partition coefficient (Wildman–Crippen LogP) is 4.30. The molecule has 0 aliphatic carbocycles. The fraction of sp³-hybridized carbons (Fsp3) is 0.304. The molecule has 28 heavy (non-hydrogen) atoms. The van der Waals surface area contributed by atoms with E-state index in [1.165, 1.54) is 4.90 Å². The van der Waals surface area contributed by atoms with Crippen molar-refractivity contribution in [3.05, 3.63) is 64.9 Å². The van der Waals surface area contributed by atoms with Gasteiger partial charge in [-0.1, -0.05) is 23.8 Å². The molecule has 1 N–H and O–H groups in total. The smallest absolute Gasteiger partial charge is 0.278 e. The zero-order valence-corrected chi connectivity index (χ0v) is 17.0. The summed E-state index contributed by atoms with van der Waals surface area (Å²) in [6, 6.07) is 13.3. The Kier molecular flexibility index (Phi) is 5.54. The van der Waals surface area contributed by atoms with Gasteiger partial charge in [-0.25, -0.2) is 0 Å². The lowest BCUT2D eigenvalue weighted by Crippen LogP contribution is -2.32. The summed E-state index contributed by atoms with van der Waals surface area (Å²) in [6.07, 6.45) is 0.0878. The van der Waals surface area contributed by atoms with Crippen LogP contribution in [0.25, 0.3) is 5.57 Å². The van der Waals surface area contributed by atoms with Crippen molar-refractivity contribution >= 4 is 23.1 Å². The molecule has 3 rings (SSSR count). The predicted molar refractivity (Wildman–Crippen MR) is 111 cm³/mol. The fourth-order valence-electron chi connectivity index (χ4n) is 3.36. The zero-order chi connectivity index (χ0) is 20.4. The van der Waals surface area contributed by atoms with E-state index in [-0.39, 0.29) is 17.9 Å². The lowest BCUT2D eigenvalue weighted by atomic mass is 9.97. The summed E-state index contributed by atoms with van der Waals surface area (Å²) < 4.78 is 5.66. The third-order valence-electron chi connectivity index (χ3n) is 4.63. The number of anilines is 1. The van der Waals surface area contributed by atoms with Gasteiger partial charge in [0.15, 0.2) is 0 Å². The molecule has 5 nitrogen and oxygen atoms in total. The van der Waals surface area contributed by atoms with Gasteiger partial charge in [0.2, 0.25) is 0 Å². The molecule has 0 radical (unpaired) electrons. The van der Waals surface area contributed by atoms with Crippen LogP contribution in [-0.4, -0.2) is 29.4 Å². The van der Waals surface area contributed by atoms with Crippen LogP contribution in [0.15, 0.2) is 48.2 Å². The molecule has 0 unspecified atom stereocenters. The molecule has 0 bridgehead atoms. The van der Waals surface area contributed by atoms with E-state index in [4.69, 9.17) is 4.74 Å². The van der Waals surface area contributed by atoms with E-state index in [1.807, 2.05) is 70.2 Å². The topological polar surface area (TPSA) is 58.6 Å². The molecule has 0 saturated carbocycles. The number of likely N-dealkylation sites (N-methyl/N-ethyl adjacent to an activating group) is 1. The van der Waals surface area contributed by atoms with Crippen LogP contribution in [0.3, 0.4) is 0 Å². The highest BCUT2D eigenvalue weighted by atomic mass is 16.5. The van der Waals surface area contributed by atoms with E-state index < -0.39 is 0 Å². The maximum Gasteiger partial charge on any atom is 0.278 e. The van der Waals surface area contributed by atoms with Crippen LogP contribution in [-0.2, 0) is 9.59 Å². The van der Waals surface area contributed by atoms with Gasteiger partial charge in [0.05, 0.1) is 11.7 Å². The molecular formula is C23H26N2O3. The van der Waals surface area contributed by atoms with Crippen molar-refractivity contribution in [1.82, 2.24) is 4.90 Å². The molecule has 1 aliphatic heterocycles. The zero-order valence-electron chi connectivity index (χ0n) is 17.0. The van der Waals surface area contributed by atoms with Crippen molar-refractivity contribution in [2.45, 2.75) is 40.7 Å². The maximum absolute atomic E-state index is 12.9. The number of hydrogen-bond acceptors (Lipinski definition) is 4. The lowest BCUT2D eigenvalue weighted by molar-refractivity contribution is -0.136. The van der Waals surface area contributed by atoms with Crippen LogP contribution in [0, 0.1) is 13.8 Å². The van der Waals surface area contributed by atoms with Crippen LogP contribution < -0.4 is 10.1 Å². The summed E-state index contributed by atoms with van der Waals surface area (Å²) in [5, 5.41) is 3.17. The maximum atomic E-state index is 12.9. The van der Waals surface area contributed by atoms with Crippen LogP contribution in [0.2, 0.25) is 0 Å². The number of benzene rings is 2. The first-order chi connectivity index (χ1) is 13.3. The minimum atomic E-state index is -0.301. The quantitative estimate of drug-likeness (QED) is 0.762. The molecule has 1 heterocycles. The van der Waals surface area contributed by atoms with Gasteiger partial charge in [-0.05, 0) is 70.0 Å². The first-order valence-corrected chi connectivity index (χ1v) is 9.53. The molecule has 5 heteroatoms. The molecule has 0 saturated heterocycles. The molecule has 2 aromatic carbocycles. The molecule has 0 spiro atoms. The number of nitrogens with zero attached hydrogens (tertiary/aromatic N) is 1. The summed E-state index contributed by atoms with van der Waals surface area (Å²) in [4.78, 5) is 27.1. The van der Waals surface area contributed by atoms with Crippen molar-refractivity contribution in [2.75, 3.05) is 11.9 Å².